The topological polar surface area (TPSA) is 324 Å². The zero-order valence-corrected chi connectivity index (χ0v) is 27.1. The van der Waals surface area contributed by atoms with Crippen molar-refractivity contribution in [2.75, 3.05) is 33.3 Å². The third kappa shape index (κ3) is 8.52. The molecule has 2 heterocycles. The lowest BCUT2D eigenvalue weighted by Crippen LogP contribution is -2.70. The molecule has 1 amide bonds. The van der Waals surface area contributed by atoms with Gasteiger partial charge in [0.2, 0.25) is 0 Å². The average molecular weight is 674 g/mol. The number of hydrogen-bond donors (Lipinski definition) is 13. The summed E-state index contributed by atoms with van der Waals surface area (Å²) in [4.78, 5) is 17.4. The lowest BCUT2D eigenvalue weighted by Gasteiger charge is -2.51. The summed E-state index contributed by atoms with van der Waals surface area (Å²) < 4.78 is 18.3. The maximum atomic E-state index is 13.4. The van der Waals surface area contributed by atoms with Crippen LogP contribution in [-0.2, 0) is 19.0 Å². The van der Waals surface area contributed by atoms with E-state index in [9.17, 15) is 30.3 Å². The average Bonchev–Trinajstić information content (AvgIpc) is 2.98. The Morgan fingerprint density at radius 1 is 1.19 bits per heavy atom. The Hall–Kier alpha value is -2.20. The van der Waals surface area contributed by atoms with E-state index in [0.29, 0.717) is 25.1 Å². The van der Waals surface area contributed by atoms with Crippen LogP contribution in [0.1, 0.15) is 39.0 Å². The SMILES string of the molecule is CNC1C(O)C(OC2C(NC(=O)C3(O)CC(N=C(N)N)C3)CC(N)C(C3OC(CN)=CCC3NCC(O)CCN)C2O)OCC1(C)O. The lowest BCUT2D eigenvalue weighted by molar-refractivity contribution is -0.297. The molecule has 0 aromatic heterocycles. The number of nitrogens with zero attached hydrogens (tertiary/aromatic N) is 1. The van der Waals surface area contributed by atoms with Crippen molar-refractivity contribution in [3.8, 4) is 0 Å². The van der Waals surface area contributed by atoms with Gasteiger partial charge in [0.15, 0.2) is 12.2 Å². The van der Waals surface area contributed by atoms with Crippen molar-refractivity contribution < 1.29 is 44.5 Å². The van der Waals surface area contributed by atoms with Gasteiger partial charge in [0.1, 0.15) is 35.3 Å². The number of carbonyl (C=O) groups is 1. The highest BCUT2D eigenvalue weighted by molar-refractivity contribution is 5.87. The number of ether oxygens (including phenoxy) is 3. The van der Waals surface area contributed by atoms with Crippen LogP contribution in [0.25, 0.3) is 0 Å². The van der Waals surface area contributed by atoms with Crippen molar-refractivity contribution in [2.24, 2.45) is 39.6 Å². The van der Waals surface area contributed by atoms with Crippen molar-refractivity contribution in [3.05, 3.63) is 11.8 Å². The number of likely N-dealkylation sites (N-methyl/N-ethyl adjacent to an activating group) is 1. The summed E-state index contributed by atoms with van der Waals surface area (Å²) in [5, 5.41) is 64.3. The molecule has 4 aliphatic rings. The number of aliphatic hydroxyl groups is 5. The highest BCUT2D eigenvalue weighted by atomic mass is 16.7. The minimum atomic E-state index is -1.76. The summed E-state index contributed by atoms with van der Waals surface area (Å²) in [6, 6.07) is -3.34. The number of hydrogen-bond acceptors (Lipinski definition) is 15. The molecule has 18 heteroatoms. The van der Waals surface area contributed by atoms with Crippen LogP contribution < -0.4 is 44.6 Å². The second-order valence-corrected chi connectivity index (χ2v) is 13.5. The summed E-state index contributed by atoms with van der Waals surface area (Å²) in [5.41, 5.74) is 25.9. The van der Waals surface area contributed by atoms with Gasteiger partial charge in [-0.2, -0.15) is 0 Å². The first-order chi connectivity index (χ1) is 22.1. The summed E-state index contributed by atoms with van der Waals surface area (Å²) in [6.45, 7) is 1.96. The Bertz CT molecular complexity index is 1120. The lowest BCUT2D eigenvalue weighted by atomic mass is 9.71. The number of nitrogens with one attached hydrogen (secondary N) is 3. The Morgan fingerprint density at radius 3 is 2.51 bits per heavy atom. The zero-order valence-electron chi connectivity index (χ0n) is 27.1. The first-order valence-electron chi connectivity index (χ1n) is 16.2. The summed E-state index contributed by atoms with van der Waals surface area (Å²) >= 11 is 0. The van der Waals surface area contributed by atoms with Crippen molar-refractivity contribution in [2.45, 2.75) is 117 Å². The predicted molar refractivity (Wildman–Crippen MR) is 170 cm³/mol. The van der Waals surface area contributed by atoms with E-state index in [1.54, 1.807) is 7.05 Å². The van der Waals surface area contributed by atoms with E-state index in [1.165, 1.54) is 6.92 Å². The fourth-order valence-corrected chi connectivity index (χ4v) is 7.24. The van der Waals surface area contributed by atoms with Crippen LogP contribution in [0.15, 0.2) is 16.8 Å². The Morgan fingerprint density at radius 2 is 1.89 bits per heavy atom. The predicted octanol–water partition coefficient (Wildman–Crippen LogP) is -5.91. The largest absolute Gasteiger partial charge is 0.492 e. The van der Waals surface area contributed by atoms with Crippen molar-refractivity contribution >= 4 is 11.9 Å². The molecule has 0 bridgehead atoms. The van der Waals surface area contributed by atoms with E-state index >= 15 is 0 Å². The number of guanidine groups is 1. The molecule has 0 aromatic carbocycles. The summed E-state index contributed by atoms with van der Waals surface area (Å²) in [5.74, 6) is -1.14. The number of nitrogens with two attached hydrogens (primary N) is 5. The number of aliphatic hydroxyl groups excluding tert-OH is 3. The monoisotopic (exact) mass is 673 g/mol. The summed E-state index contributed by atoms with van der Waals surface area (Å²) in [7, 11) is 1.58. The first-order valence-corrected chi connectivity index (χ1v) is 16.2. The molecule has 0 aromatic rings. The highest BCUT2D eigenvalue weighted by Gasteiger charge is 2.55. The molecule has 3 fully saturated rings. The Balaban J connectivity index is 1.60. The molecule has 2 saturated carbocycles. The molecule has 0 spiro atoms. The molecular formula is C29H55N9O9. The molecule has 270 valence electrons. The second kappa shape index (κ2) is 15.6. The van der Waals surface area contributed by atoms with E-state index in [1.807, 2.05) is 6.08 Å². The van der Waals surface area contributed by atoms with Gasteiger partial charge in [-0.25, -0.2) is 0 Å². The third-order valence-electron chi connectivity index (χ3n) is 9.78. The van der Waals surface area contributed by atoms with Crippen LogP contribution in [0.2, 0.25) is 0 Å². The van der Waals surface area contributed by atoms with Gasteiger partial charge in [-0.3, -0.25) is 9.79 Å². The molecule has 2 aliphatic heterocycles. The maximum Gasteiger partial charge on any atom is 0.252 e. The van der Waals surface area contributed by atoms with Crippen molar-refractivity contribution in [3.63, 3.8) is 0 Å². The second-order valence-electron chi connectivity index (χ2n) is 13.5. The van der Waals surface area contributed by atoms with Gasteiger partial charge in [0, 0.05) is 37.4 Å². The quantitative estimate of drug-likeness (QED) is 0.0639. The zero-order chi connectivity index (χ0) is 34.7. The van der Waals surface area contributed by atoms with Crippen LogP contribution in [0, 0.1) is 5.92 Å². The molecule has 47 heavy (non-hydrogen) atoms. The van der Waals surface area contributed by atoms with Gasteiger partial charge in [-0.05, 0) is 45.9 Å². The van der Waals surface area contributed by atoms with Gasteiger partial charge in [-0.15, -0.1) is 0 Å². The number of aliphatic imine (C=N–C) groups is 1. The fraction of sp³-hybridized carbons (Fsp3) is 0.862. The smallest absolute Gasteiger partial charge is 0.252 e. The van der Waals surface area contributed by atoms with Crippen molar-refractivity contribution in [1.82, 2.24) is 16.0 Å². The van der Waals surface area contributed by atoms with Gasteiger partial charge < -0.3 is 84.4 Å². The van der Waals surface area contributed by atoms with Crippen LogP contribution in [-0.4, -0.2) is 149 Å². The van der Waals surface area contributed by atoms with Crippen LogP contribution >= 0.6 is 0 Å². The van der Waals surface area contributed by atoms with E-state index in [0.717, 1.165) is 0 Å². The molecule has 1 saturated heterocycles. The Kier molecular flexibility index (Phi) is 12.5. The van der Waals surface area contributed by atoms with E-state index in [4.69, 9.17) is 42.9 Å². The van der Waals surface area contributed by atoms with Crippen LogP contribution in [0.4, 0.5) is 0 Å². The van der Waals surface area contributed by atoms with E-state index in [2.05, 4.69) is 20.9 Å². The molecule has 18 nitrogen and oxygen atoms in total. The Labute approximate surface area is 274 Å². The number of rotatable bonds is 13. The van der Waals surface area contributed by atoms with E-state index in [-0.39, 0.29) is 44.9 Å². The number of amides is 1. The molecular weight excluding hydrogens is 618 g/mol. The molecule has 18 N–H and O–H groups in total. The molecule has 2 aliphatic carbocycles. The summed E-state index contributed by atoms with van der Waals surface area (Å²) in [6.07, 6.45) is -3.93. The van der Waals surface area contributed by atoms with Crippen molar-refractivity contribution in [1.29, 1.82) is 0 Å². The van der Waals surface area contributed by atoms with Gasteiger partial charge in [0.05, 0.1) is 43.5 Å². The molecule has 12 unspecified atom stereocenters. The molecule has 0 radical (unpaired) electrons. The minimum Gasteiger partial charge on any atom is -0.492 e. The third-order valence-corrected chi connectivity index (χ3v) is 9.78. The first kappa shape index (κ1) is 37.6. The molecule has 12 atom stereocenters. The van der Waals surface area contributed by atoms with Gasteiger partial charge >= 0.3 is 0 Å². The fourth-order valence-electron chi connectivity index (χ4n) is 7.24. The minimum absolute atomic E-state index is 0.0109. The highest BCUT2D eigenvalue weighted by Crippen LogP contribution is 2.39. The van der Waals surface area contributed by atoms with Crippen LogP contribution in [0.3, 0.4) is 0 Å². The van der Waals surface area contributed by atoms with Crippen LogP contribution in [0.5, 0.6) is 0 Å². The normalized spacial score (nSPS) is 42.8. The standard InChI is InChI=1S/C29H55N9O9/c1-28(43)12-45-25(21(41)24(28)35-2)47-23-18(38-26(42)29(44)8-13(9-29)37-27(33)34)7-16(32)19(20(23)40)22-17(4-3-15(10-31)46-22)36-11-14(39)5-6-30/h3,13-14,16-25,35-36,39-41,43-44H,4-12,30-32H2,1-2H3,(H,38,42)(H4,33,34,37). The molecule has 4 rings (SSSR count). The van der Waals surface area contributed by atoms with E-state index < -0.39 is 90.0 Å². The van der Waals surface area contributed by atoms with Gasteiger partial charge in [0.25, 0.3) is 5.91 Å². The number of carbonyl (C=O) groups excluding carboxylic acids is 1. The van der Waals surface area contributed by atoms with Gasteiger partial charge in [-0.1, -0.05) is 0 Å². The maximum absolute atomic E-state index is 13.4.